The highest BCUT2D eigenvalue weighted by Gasteiger charge is 2.64. The molecule has 5 aliphatic carbocycles. The molecule has 3 N–H and O–H groups in total. The van der Waals surface area contributed by atoms with E-state index in [-0.39, 0.29) is 10.8 Å². The lowest BCUT2D eigenvalue weighted by Gasteiger charge is -2.64. The molecular weight excluding hydrogens is 424 g/mol. The van der Waals surface area contributed by atoms with Gasteiger partial charge in [-0.15, -0.1) is 11.8 Å². The van der Waals surface area contributed by atoms with Crippen LogP contribution in [-0.2, 0) is 10.2 Å². The summed E-state index contributed by atoms with van der Waals surface area (Å²) in [4.78, 5) is 15.3. The predicted molar refractivity (Wildman–Crippen MR) is 135 cm³/mol. The van der Waals surface area contributed by atoms with E-state index in [2.05, 4.69) is 77.7 Å². The maximum Gasteiger partial charge on any atom is 0.226 e. The average molecular weight is 461 g/mol. The second-order valence-electron chi connectivity index (χ2n) is 11.4. The van der Waals surface area contributed by atoms with Crippen LogP contribution < -0.4 is 11.1 Å². The summed E-state index contributed by atoms with van der Waals surface area (Å²) >= 11 is 2.07. The maximum atomic E-state index is 13.9. The van der Waals surface area contributed by atoms with Crippen LogP contribution in [-0.4, -0.2) is 23.2 Å². The van der Waals surface area contributed by atoms with Crippen molar-refractivity contribution in [1.29, 1.82) is 0 Å². The van der Waals surface area contributed by atoms with Gasteiger partial charge in [-0.3, -0.25) is 4.79 Å². The number of benzene rings is 2. The van der Waals surface area contributed by atoms with Crippen LogP contribution in [0.5, 0.6) is 0 Å². The van der Waals surface area contributed by atoms with Gasteiger partial charge in [0.15, 0.2) is 0 Å². The fraction of sp³-hybridized carbons (Fsp3) is 0.552. The normalized spacial score (nSPS) is 39.4. The van der Waals surface area contributed by atoms with Gasteiger partial charge in [0.25, 0.3) is 0 Å². The van der Waals surface area contributed by atoms with Crippen molar-refractivity contribution in [1.82, 2.24) is 5.32 Å². The zero-order valence-corrected chi connectivity index (χ0v) is 20.2. The average Bonchev–Trinajstić information content (AvgIpc) is 2.84. The smallest absolute Gasteiger partial charge is 0.226 e. The third-order valence-electron chi connectivity index (χ3n) is 9.21. The predicted octanol–water partition coefficient (Wildman–Crippen LogP) is 5.68. The minimum absolute atomic E-state index is 0.160. The fourth-order valence-corrected chi connectivity index (χ4v) is 9.35. The second kappa shape index (κ2) is 8.46. The topological polar surface area (TPSA) is 55.1 Å². The van der Waals surface area contributed by atoms with Gasteiger partial charge >= 0.3 is 0 Å². The molecule has 2 aromatic carbocycles. The van der Waals surface area contributed by atoms with Crippen LogP contribution >= 0.6 is 11.8 Å². The van der Waals surface area contributed by atoms with E-state index in [4.69, 9.17) is 5.73 Å². The fourth-order valence-electron chi connectivity index (χ4n) is 7.95. The minimum atomic E-state index is -0.199. The Morgan fingerprint density at radius 2 is 1.45 bits per heavy atom. The van der Waals surface area contributed by atoms with Gasteiger partial charge in [-0.25, -0.2) is 0 Å². The first-order chi connectivity index (χ1) is 16.1. The van der Waals surface area contributed by atoms with Crippen LogP contribution in [0.15, 0.2) is 65.6 Å². The molecule has 33 heavy (non-hydrogen) atoms. The molecular formula is C29H36N2OS. The minimum Gasteiger partial charge on any atom is -0.353 e. The van der Waals surface area contributed by atoms with Gasteiger partial charge in [-0.2, -0.15) is 0 Å². The number of carbonyl (C=O) groups is 1. The van der Waals surface area contributed by atoms with Crippen molar-refractivity contribution in [3.8, 4) is 0 Å². The molecule has 4 bridgehead atoms. The number of hydrogen-bond donors (Lipinski definition) is 2. The summed E-state index contributed by atoms with van der Waals surface area (Å²) in [6, 6.07) is 22.6. The van der Waals surface area contributed by atoms with Gasteiger partial charge in [-0.05, 0) is 92.7 Å². The van der Waals surface area contributed by atoms with Gasteiger partial charge in [-0.1, -0.05) is 48.5 Å². The highest BCUT2D eigenvalue weighted by molar-refractivity contribution is 8.00. The van der Waals surface area contributed by atoms with Gasteiger partial charge < -0.3 is 11.1 Å². The number of carbonyl (C=O) groups excluding carboxylic acids is 1. The Labute approximate surface area is 202 Å². The van der Waals surface area contributed by atoms with Crippen molar-refractivity contribution in [2.45, 2.75) is 85.4 Å². The number of thioether (sulfide) groups is 1. The highest BCUT2D eigenvalue weighted by Crippen LogP contribution is 2.68. The third-order valence-corrected chi connectivity index (χ3v) is 10.8. The molecule has 5 fully saturated rings. The monoisotopic (exact) mass is 460 g/mol. The lowest BCUT2D eigenvalue weighted by atomic mass is 9.42. The molecule has 2 unspecified atom stereocenters. The summed E-state index contributed by atoms with van der Waals surface area (Å²) in [5.74, 6) is 1.55. The van der Waals surface area contributed by atoms with Gasteiger partial charge in [0.05, 0.1) is 5.41 Å². The van der Waals surface area contributed by atoms with E-state index < -0.39 is 0 Å². The summed E-state index contributed by atoms with van der Waals surface area (Å²) in [5.41, 5.74) is 7.54. The van der Waals surface area contributed by atoms with Crippen molar-refractivity contribution in [3.63, 3.8) is 0 Å². The highest BCUT2D eigenvalue weighted by atomic mass is 32.2. The molecule has 4 heteroatoms. The SMILES string of the molecule is NC1CCC(NC(=O)C23CC4CC(c5ccccc5)(CC(C2)C4Sc2ccccc2)C3)CC1. The van der Waals surface area contributed by atoms with Crippen LogP contribution in [0.25, 0.3) is 0 Å². The Morgan fingerprint density at radius 3 is 2.09 bits per heavy atom. The molecule has 0 saturated heterocycles. The number of nitrogens with one attached hydrogen (secondary N) is 1. The molecule has 0 spiro atoms. The molecule has 0 aromatic heterocycles. The Balaban J connectivity index is 1.29. The third kappa shape index (κ3) is 3.93. The first-order valence-corrected chi connectivity index (χ1v) is 13.8. The van der Waals surface area contributed by atoms with E-state index in [0.29, 0.717) is 35.1 Å². The van der Waals surface area contributed by atoms with E-state index in [1.807, 2.05) is 0 Å². The summed E-state index contributed by atoms with van der Waals surface area (Å²) in [5, 5.41) is 4.15. The molecule has 2 atom stereocenters. The van der Waals surface area contributed by atoms with Crippen molar-refractivity contribution in [2.24, 2.45) is 23.0 Å². The van der Waals surface area contributed by atoms with E-state index in [1.165, 1.54) is 23.3 Å². The van der Waals surface area contributed by atoms with Crippen LogP contribution in [0.2, 0.25) is 0 Å². The van der Waals surface area contributed by atoms with Crippen LogP contribution in [0, 0.1) is 17.3 Å². The van der Waals surface area contributed by atoms with Gasteiger partial charge in [0.1, 0.15) is 0 Å². The first kappa shape index (κ1) is 21.7. The molecule has 3 nitrogen and oxygen atoms in total. The summed E-state index contributed by atoms with van der Waals surface area (Å²) in [6.07, 6.45) is 9.73. The molecule has 7 rings (SSSR count). The Hall–Kier alpha value is -1.78. The molecule has 174 valence electrons. The Morgan fingerprint density at radius 1 is 0.848 bits per heavy atom. The maximum absolute atomic E-state index is 13.9. The largest absolute Gasteiger partial charge is 0.353 e. The molecule has 0 heterocycles. The van der Waals surface area contributed by atoms with Crippen molar-refractivity contribution in [3.05, 3.63) is 66.2 Å². The Bertz CT molecular complexity index is 969. The summed E-state index contributed by atoms with van der Waals surface area (Å²) < 4.78 is 0. The van der Waals surface area contributed by atoms with Crippen molar-refractivity contribution < 1.29 is 4.79 Å². The van der Waals surface area contributed by atoms with Crippen LogP contribution in [0.1, 0.15) is 63.4 Å². The van der Waals surface area contributed by atoms with Gasteiger partial charge in [0.2, 0.25) is 5.91 Å². The summed E-state index contributed by atoms with van der Waals surface area (Å²) in [7, 11) is 0. The van der Waals surface area contributed by atoms with Crippen LogP contribution in [0.3, 0.4) is 0 Å². The zero-order valence-electron chi connectivity index (χ0n) is 19.4. The molecule has 5 aliphatic rings. The number of hydrogen-bond acceptors (Lipinski definition) is 3. The molecule has 0 radical (unpaired) electrons. The molecule has 1 amide bonds. The standard InChI is InChI=1S/C29H36N2OS/c30-23-11-13-24(14-12-23)31-27(32)29-17-20-15-28(19-29,22-7-3-1-4-8-22)16-21(18-29)26(20)33-25-9-5-2-6-10-25/h1-10,20-21,23-24,26H,11-19,30H2,(H,31,32). The van der Waals surface area contributed by atoms with E-state index in [1.54, 1.807) is 0 Å². The van der Waals surface area contributed by atoms with E-state index >= 15 is 0 Å². The molecule has 2 aromatic rings. The number of rotatable bonds is 5. The lowest BCUT2D eigenvalue weighted by molar-refractivity contribution is -0.149. The second-order valence-corrected chi connectivity index (χ2v) is 12.7. The molecule has 0 aliphatic heterocycles. The lowest BCUT2D eigenvalue weighted by Crippen LogP contribution is -2.63. The van der Waals surface area contributed by atoms with E-state index in [0.717, 1.165) is 44.9 Å². The van der Waals surface area contributed by atoms with Crippen LogP contribution in [0.4, 0.5) is 0 Å². The molecule has 5 saturated carbocycles. The first-order valence-electron chi connectivity index (χ1n) is 12.9. The Kier molecular flexibility index (Phi) is 5.57. The zero-order chi connectivity index (χ0) is 22.5. The summed E-state index contributed by atoms with van der Waals surface area (Å²) in [6.45, 7) is 0. The number of nitrogens with two attached hydrogens (primary N) is 1. The van der Waals surface area contributed by atoms with E-state index in [9.17, 15) is 4.79 Å². The van der Waals surface area contributed by atoms with Crippen molar-refractivity contribution in [2.75, 3.05) is 0 Å². The quantitative estimate of drug-likeness (QED) is 0.603. The van der Waals surface area contributed by atoms with Gasteiger partial charge in [0, 0.05) is 22.2 Å². The number of amides is 1. The van der Waals surface area contributed by atoms with Crippen molar-refractivity contribution >= 4 is 17.7 Å².